The maximum Gasteiger partial charge on any atom is 0.268 e. The SMILES string of the molecule is COc1ccc(-c2cc(C#N)c(=O)n(C)c2COC(c2ccc(C#N)cc2)c2cncs2)cc1. The molecule has 2 aromatic carbocycles. The van der Waals surface area contributed by atoms with E-state index in [9.17, 15) is 10.1 Å². The highest BCUT2D eigenvalue weighted by atomic mass is 32.1. The van der Waals surface area contributed by atoms with Gasteiger partial charge in [-0.05, 0) is 41.5 Å². The first-order valence-electron chi connectivity index (χ1n) is 10.3. The smallest absolute Gasteiger partial charge is 0.268 e. The molecule has 0 radical (unpaired) electrons. The fraction of sp³-hybridized carbons (Fsp3) is 0.154. The molecule has 0 saturated heterocycles. The molecule has 0 saturated carbocycles. The molecule has 8 heteroatoms. The fourth-order valence-electron chi connectivity index (χ4n) is 3.64. The van der Waals surface area contributed by atoms with E-state index in [-0.39, 0.29) is 17.7 Å². The number of benzene rings is 2. The normalized spacial score (nSPS) is 11.4. The molecule has 4 rings (SSSR count). The van der Waals surface area contributed by atoms with Gasteiger partial charge in [-0.1, -0.05) is 24.3 Å². The molecule has 34 heavy (non-hydrogen) atoms. The maximum absolute atomic E-state index is 12.7. The molecule has 4 aromatic rings. The average Bonchev–Trinajstić information content (AvgIpc) is 3.42. The van der Waals surface area contributed by atoms with Crippen molar-refractivity contribution in [2.75, 3.05) is 7.11 Å². The van der Waals surface area contributed by atoms with Crippen molar-refractivity contribution in [3.8, 4) is 29.0 Å². The number of nitriles is 2. The molecule has 0 aliphatic rings. The zero-order chi connectivity index (χ0) is 24.1. The minimum atomic E-state index is -0.435. The highest BCUT2D eigenvalue weighted by Crippen LogP contribution is 2.32. The van der Waals surface area contributed by atoms with Crippen LogP contribution < -0.4 is 10.3 Å². The van der Waals surface area contributed by atoms with Gasteiger partial charge in [0.25, 0.3) is 5.56 Å². The van der Waals surface area contributed by atoms with Crippen molar-refractivity contribution in [2.45, 2.75) is 12.7 Å². The highest BCUT2D eigenvalue weighted by molar-refractivity contribution is 7.09. The monoisotopic (exact) mass is 468 g/mol. The van der Waals surface area contributed by atoms with Crippen molar-refractivity contribution < 1.29 is 9.47 Å². The van der Waals surface area contributed by atoms with Crippen molar-refractivity contribution in [1.82, 2.24) is 9.55 Å². The first kappa shape index (κ1) is 22.9. The van der Waals surface area contributed by atoms with Gasteiger partial charge in [-0.15, -0.1) is 11.3 Å². The minimum absolute atomic E-state index is 0.0585. The molecule has 1 atom stereocenters. The van der Waals surface area contributed by atoms with Gasteiger partial charge in [-0.25, -0.2) is 0 Å². The quantitative estimate of drug-likeness (QED) is 0.394. The van der Waals surface area contributed by atoms with E-state index in [2.05, 4.69) is 11.1 Å². The Balaban J connectivity index is 1.75. The van der Waals surface area contributed by atoms with Gasteiger partial charge in [0.15, 0.2) is 0 Å². The van der Waals surface area contributed by atoms with Crippen LogP contribution in [0, 0.1) is 22.7 Å². The van der Waals surface area contributed by atoms with Crippen LogP contribution >= 0.6 is 11.3 Å². The summed E-state index contributed by atoms with van der Waals surface area (Å²) >= 11 is 1.46. The molecule has 0 aliphatic heterocycles. The van der Waals surface area contributed by atoms with Crippen LogP contribution in [0.5, 0.6) is 5.75 Å². The van der Waals surface area contributed by atoms with Crippen LogP contribution in [-0.4, -0.2) is 16.7 Å². The van der Waals surface area contributed by atoms with Crippen molar-refractivity contribution in [3.05, 3.63) is 104 Å². The van der Waals surface area contributed by atoms with Crippen LogP contribution in [0.15, 0.2) is 71.1 Å². The molecule has 0 amide bonds. The number of methoxy groups -OCH3 is 1. The Morgan fingerprint density at radius 1 is 1.09 bits per heavy atom. The lowest BCUT2D eigenvalue weighted by Crippen LogP contribution is -2.24. The van der Waals surface area contributed by atoms with Gasteiger partial charge >= 0.3 is 0 Å². The summed E-state index contributed by atoms with van der Waals surface area (Å²) in [6.45, 7) is 0.112. The second-order valence-corrected chi connectivity index (χ2v) is 8.37. The number of nitrogens with zero attached hydrogens (tertiary/aromatic N) is 4. The van der Waals surface area contributed by atoms with Crippen molar-refractivity contribution in [1.29, 1.82) is 10.5 Å². The minimum Gasteiger partial charge on any atom is -0.497 e. The van der Waals surface area contributed by atoms with Crippen molar-refractivity contribution >= 4 is 11.3 Å². The van der Waals surface area contributed by atoms with Gasteiger partial charge in [-0.2, -0.15) is 10.5 Å². The lowest BCUT2D eigenvalue weighted by Gasteiger charge is -2.20. The molecule has 1 unspecified atom stereocenters. The van der Waals surface area contributed by atoms with E-state index >= 15 is 0 Å². The van der Waals surface area contributed by atoms with Gasteiger partial charge in [0.1, 0.15) is 23.5 Å². The molecule has 0 spiro atoms. The number of rotatable bonds is 7. The van der Waals surface area contributed by atoms with Gasteiger partial charge < -0.3 is 14.0 Å². The van der Waals surface area contributed by atoms with Crippen LogP contribution in [0.2, 0.25) is 0 Å². The van der Waals surface area contributed by atoms with E-state index < -0.39 is 6.10 Å². The van der Waals surface area contributed by atoms with Gasteiger partial charge in [0.2, 0.25) is 0 Å². The first-order chi connectivity index (χ1) is 16.5. The predicted octanol–water partition coefficient (Wildman–Crippen LogP) is 4.57. The van der Waals surface area contributed by atoms with Crippen LogP contribution in [0.3, 0.4) is 0 Å². The molecular weight excluding hydrogens is 448 g/mol. The molecular formula is C26H20N4O3S. The number of ether oxygens (including phenoxy) is 2. The van der Waals surface area contributed by atoms with Crippen LogP contribution in [0.1, 0.15) is 33.4 Å². The Kier molecular flexibility index (Phi) is 6.84. The van der Waals surface area contributed by atoms with Gasteiger partial charge in [0, 0.05) is 18.8 Å². The van der Waals surface area contributed by atoms with E-state index in [0.29, 0.717) is 17.0 Å². The summed E-state index contributed by atoms with van der Waals surface area (Å²) < 4.78 is 13.1. The molecule has 168 valence electrons. The van der Waals surface area contributed by atoms with Crippen LogP contribution in [-0.2, 0) is 18.4 Å². The second kappa shape index (κ2) is 10.1. The van der Waals surface area contributed by atoms with Crippen LogP contribution in [0.25, 0.3) is 11.1 Å². The van der Waals surface area contributed by atoms with E-state index in [1.165, 1.54) is 15.9 Å². The Morgan fingerprint density at radius 2 is 1.82 bits per heavy atom. The third-order valence-corrected chi connectivity index (χ3v) is 6.32. The second-order valence-electron chi connectivity index (χ2n) is 7.45. The molecule has 0 bridgehead atoms. The largest absolute Gasteiger partial charge is 0.497 e. The molecule has 0 fully saturated rings. The van der Waals surface area contributed by atoms with Gasteiger partial charge in [0.05, 0.1) is 41.4 Å². The summed E-state index contributed by atoms with van der Waals surface area (Å²) in [5.74, 6) is 0.706. The summed E-state index contributed by atoms with van der Waals surface area (Å²) in [5.41, 5.74) is 5.03. The summed E-state index contributed by atoms with van der Waals surface area (Å²) in [7, 11) is 3.23. The fourth-order valence-corrected chi connectivity index (χ4v) is 4.33. The first-order valence-corrected chi connectivity index (χ1v) is 11.2. The van der Waals surface area contributed by atoms with Gasteiger partial charge in [-0.3, -0.25) is 9.78 Å². The third kappa shape index (κ3) is 4.60. The summed E-state index contributed by atoms with van der Waals surface area (Å²) in [6, 6.07) is 20.3. The Bertz CT molecular complexity index is 1430. The topological polar surface area (TPSA) is 101 Å². The predicted molar refractivity (Wildman–Crippen MR) is 128 cm³/mol. The highest BCUT2D eigenvalue weighted by Gasteiger charge is 2.20. The number of hydrogen-bond acceptors (Lipinski definition) is 7. The zero-order valence-corrected chi connectivity index (χ0v) is 19.4. The maximum atomic E-state index is 12.7. The molecule has 0 aliphatic carbocycles. The van der Waals surface area contributed by atoms with E-state index in [1.54, 1.807) is 44.1 Å². The molecule has 7 nitrogen and oxygen atoms in total. The number of aromatic nitrogens is 2. The molecule has 2 aromatic heterocycles. The van der Waals surface area contributed by atoms with E-state index in [1.807, 2.05) is 42.5 Å². The Labute approximate surface area is 200 Å². The van der Waals surface area contributed by atoms with Crippen LogP contribution in [0.4, 0.5) is 0 Å². The standard InChI is InChI=1S/C26H20N4O3S/c1-30-23(22(11-20(13-28)26(30)31)18-7-9-21(32-2)10-8-18)15-33-25(24-14-29-16-34-24)19-5-3-17(12-27)4-6-19/h3-11,14,16,25H,15H2,1-2H3. The summed E-state index contributed by atoms with van der Waals surface area (Å²) in [5, 5.41) is 18.6. The number of hydrogen-bond donors (Lipinski definition) is 0. The lowest BCUT2D eigenvalue weighted by atomic mass is 10.0. The van der Waals surface area contributed by atoms with Crippen molar-refractivity contribution in [2.24, 2.45) is 7.05 Å². The number of pyridine rings is 1. The Morgan fingerprint density at radius 3 is 2.41 bits per heavy atom. The summed E-state index contributed by atoms with van der Waals surface area (Å²) in [6.07, 6.45) is 1.31. The molecule has 0 N–H and O–H groups in total. The van der Waals surface area contributed by atoms with Crippen molar-refractivity contribution in [3.63, 3.8) is 0 Å². The number of thiazole rings is 1. The van der Waals surface area contributed by atoms with E-state index in [4.69, 9.17) is 14.7 Å². The molecule has 2 heterocycles. The summed E-state index contributed by atoms with van der Waals surface area (Å²) in [4.78, 5) is 17.8. The Hall–Kier alpha value is -4.24. The average molecular weight is 469 g/mol. The lowest BCUT2D eigenvalue weighted by molar-refractivity contribution is 0.0651. The zero-order valence-electron chi connectivity index (χ0n) is 18.6. The third-order valence-electron chi connectivity index (χ3n) is 5.50. The van der Waals surface area contributed by atoms with E-state index in [0.717, 1.165) is 21.6 Å².